The molecule has 1 saturated heterocycles. The minimum Gasteiger partial charge on any atom is -0.494 e. The molecule has 1 aromatic heterocycles. The summed E-state index contributed by atoms with van der Waals surface area (Å²) in [4.78, 5) is 11.2. The maximum absolute atomic E-state index is 11.5. The average molecular weight is 436 g/mol. The molecule has 0 unspecified atom stereocenters. The number of piperidine rings is 1. The van der Waals surface area contributed by atoms with Gasteiger partial charge in [0.1, 0.15) is 5.75 Å². The molecule has 0 N–H and O–H groups in total. The molecule has 0 radical (unpaired) electrons. The van der Waals surface area contributed by atoms with Gasteiger partial charge < -0.3 is 9.64 Å². The molecular weight excluding hydrogens is 410 g/mol. The molecule has 2 fully saturated rings. The third-order valence-electron chi connectivity index (χ3n) is 6.02. The molecule has 1 aliphatic carbocycles. The van der Waals surface area contributed by atoms with Crippen LogP contribution < -0.4 is 9.64 Å². The Morgan fingerprint density at radius 3 is 2.41 bits per heavy atom. The number of anilines is 1. The van der Waals surface area contributed by atoms with Gasteiger partial charge in [-0.25, -0.2) is 18.4 Å². The summed E-state index contributed by atoms with van der Waals surface area (Å²) in [5.41, 5.74) is 0. The largest absolute Gasteiger partial charge is 0.494 e. The summed E-state index contributed by atoms with van der Waals surface area (Å²) in [5, 5.41) is 0.568. The molecule has 2 aromatic rings. The standard InChI is InChI=1S/C21H26ClN3O3S/c1-29(26,27)19-4-2-18(3-5-19)28-11-8-16-12-20(16)15-6-9-25(10-7-15)21-23-13-17(22)14-24-21/h2-5,13-16,20H,6-12H2,1H3/t16-,20+/m1/s1. The number of hydrogen-bond acceptors (Lipinski definition) is 6. The van der Waals surface area contributed by atoms with Crippen molar-refractivity contribution in [1.82, 2.24) is 9.97 Å². The number of rotatable bonds is 7. The lowest BCUT2D eigenvalue weighted by atomic mass is 9.90. The summed E-state index contributed by atoms with van der Waals surface area (Å²) in [6.45, 7) is 2.67. The molecule has 0 bridgehead atoms. The van der Waals surface area contributed by atoms with Crippen molar-refractivity contribution in [3.63, 3.8) is 0 Å². The van der Waals surface area contributed by atoms with Crippen molar-refractivity contribution in [3.05, 3.63) is 41.7 Å². The summed E-state index contributed by atoms with van der Waals surface area (Å²) in [7, 11) is -3.16. The Morgan fingerprint density at radius 1 is 1.14 bits per heavy atom. The van der Waals surface area contributed by atoms with Crippen molar-refractivity contribution < 1.29 is 13.2 Å². The first-order valence-corrected chi connectivity index (χ1v) is 12.3. The summed E-state index contributed by atoms with van der Waals surface area (Å²) in [6.07, 6.45) is 9.23. The van der Waals surface area contributed by atoms with Crippen LogP contribution in [-0.2, 0) is 9.84 Å². The zero-order valence-electron chi connectivity index (χ0n) is 16.5. The molecule has 1 aliphatic heterocycles. The van der Waals surface area contributed by atoms with Crippen molar-refractivity contribution in [3.8, 4) is 5.75 Å². The molecule has 0 spiro atoms. The van der Waals surface area contributed by atoms with Crippen LogP contribution in [0.5, 0.6) is 5.75 Å². The van der Waals surface area contributed by atoms with Gasteiger partial charge in [-0.15, -0.1) is 0 Å². The third kappa shape index (κ3) is 5.20. The van der Waals surface area contributed by atoms with Gasteiger partial charge in [0.05, 0.1) is 28.9 Å². The Labute approximate surface area is 177 Å². The Hall–Kier alpha value is -1.86. The summed E-state index contributed by atoms with van der Waals surface area (Å²) >= 11 is 5.87. The number of aromatic nitrogens is 2. The highest BCUT2D eigenvalue weighted by atomic mass is 35.5. The maximum Gasteiger partial charge on any atom is 0.225 e. The van der Waals surface area contributed by atoms with Crippen LogP contribution in [0.3, 0.4) is 0 Å². The third-order valence-corrected chi connectivity index (χ3v) is 7.34. The first-order valence-electron chi connectivity index (χ1n) is 10.1. The van der Waals surface area contributed by atoms with Crippen molar-refractivity contribution >= 4 is 27.4 Å². The van der Waals surface area contributed by atoms with E-state index in [2.05, 4.69) is 14.9 Å². The lowest BCUT2D eigenvalue weighted by Gasteiger charge is -2.32. The van der Waals surface area contributed by atoms with Gasteiger partial charge in [0.2, 0.25) is 5.95 Å². The molecule has 1 saturated carbocycles. The number of halogens is 1. The molecule has 1 aromatic carbocycles. The second kappa shape index (κ2) is 8.48. The molecule has 4 rings (SSSR count). The van der Waals surface area contributed by atoms with Crippen LogP contribution in [0.4, 0.5) is 5.95 Å². The number of benzene rings is 1. The number of hydrogen-bond donors (Lipinski definition) is 0. The van der Waals surface area contributed by atoms with Crippen molar-refractivity contribution in [2.24, 2.45) is 17.8 Å². The highest BCUT2D eigenvalue weighted by Gasteiger charge is 2.43. The molecule has 29 heavy (non-hydrogen) atoms. The van der Waals surface area contributed by atoms with Crippen LogP contribution in [0, 0.1) is 17.8 Å². The van der Waals surface area contributed by atoms with Crippen molar-refractivity contribution in [2.75, 3.05) is 30.9 Å². The quantitative estimate of drug-likeness (QED) is 0.657. The predicted octanol–water partition coefficient (Wildman–Crippen LogP) is 3.86. The van der Waals surface area contributed by atoms with E-state index < -0.39 is 9.84 Å². The van der Waals surface area contributed by atoms with Crippen LogP contribution >= 0.6 is 11.6 Å². The van der Waals surface area contributed by atoms with E-state index in [1.165, 1.54) is 25.5 Å². The lowest BCUT2D eigenvalue weighted by Crippen LogP contribution is -2.35. The molecule has 8 heteroatoms. The number of sulfone groups is 1. The fourth-order valence-electron chi connectivity index (χ4n) is 4.29. The zero-order chi connectivity index (χ0) is 20.4. The minimum absolute atomic E-state index is 0.322. The SMILES string of the molecule is CS(=O)(=O)c1ccc(OCC[C@@H]2C[C@H]2C2CCN(c3ncc(Cl)cn3)CC2)cc1. The highest BCUT2D eigenvalue weighted by molar-refractivity contribution is 7.90. The van der Waals surface area contributed by atoms with Gasteiger partial charge in [-0.05, 0) is 67.7 Å². The molecule has 0 amide bonds. The van der Waals surface area contributed by atoms with Gasteiger partial charge in [0.25, 0.3) is 0 Å². The van der Waals surface area contributed by atoms with Crippen LogP contribution in [0.25, 0.3) is 0 Å². The highest BCUT2D eigenvalue weighted by Crippen LogP contribution is 2.49. The second-order valence-electron chi connectivity index (χ2n) is 8.07. The van der Waals surface area contributed by atoms with Crippen LogP contribution in [0.1, 0.15) is 25.7 Å². The first kappa shape index (κ1) is 20.4. The zero-order valence-corrected chi connectivity index (χ0v) is 18.1. The smallest absolute Gasteiger partial charge is 0.225 e. The van der Waals surface area contributed by atoms with E-state index in [0.717, 1.165) is 49.0 Å². The first-order chi connectivity index (χ1) is 13.9. The maximum atomic E-state index is 11.5. The Balaban J connectivity index is 1.18. The molecule has 156 valence electrons. The second-order valence-corrected chi connectivity index (χ2v) is 10.5. The molecule has 6 nitrogen and oxygen atoms in total. The number of ether oxygens (including phenoxy) is 1. The van der Waals surface area contributed by atoms with Gasteiger partial charge in [-0.3, -0.25) is 0 Å². The molecule has 2 heterocycles. The van der Waals surface area contributed by atoms with Gasteiger partial charge in [0, 0.05) is 19.3 Å². The summed E-state index contributed by atoms with van der Waals surface area (Å²) < 4.78 is 28.8. The van der Waals surface area contributed by atoms with Gasteiger partial charge in [0.15, 0.2) is 9.84 Å². The fraction of sp³-hybridized carbons (Fsp3) is 0.524. The van der Waals surface area contributed by atoms with Gasteiger partial charge in [-0.1, -0.05) is 11.6 Å². The van der Waals surface area contributed by atoms with Crippen LogP contribution in [0.2, 0.25) is 5.02 Å². The van der Waals surface area contributed by atoms with E-state index in [1.54, 1.807) is 36.7 Å². The van der Waals surface area contributed by atoms with E-state index in [1.807, 2.05) is 0 Å². The Morgan fingerprint density at radius 2 is 1.79 bits per heavy atom. The van der Waals surface area contributed by atoms with Crippen LogP contribution in [0.15, 0.2) is 41.6 Å². The topological polar surface area (TPSA) is 72.4 Å². The van der Waals surface area contributed by atoms with Crippen molar-refractivity contribution in [1.29, 1.82) is 0 Å². The molecular formula is C21H26ClN3O3S. The Bertz CT molecular complexity index is 927. The van der Waals surface area contributed by atoms with E-state index in [-0.39, 0.29) is 0 Å². The Kier molecular flexibility index (Phi) is 5.97. The normalized spacial score (nSPS) is 22.5. The van der Waals surface area contributed by atoms with E-state index in [4.69, 9.17) is 16.3 Å². The lowest BCUT2D eigenvalue weighted by molar-refractivity contribution is 0.284. The molecule has 2 aliphatic rings. The van der Waals surface area contributed by atoms with Crippen molar-refractivity contribution in [2.45, 2.75) is 30.6 Å². The van der Waals surface area contributed by atoms with Gasteiger partial charge >= 0.3 is 0 Å². The van der Waals surface area contributed by atoms with E-state index in [0.29, 0.717) is 16.5 Å². The van der Waals surface area contributed by atoms with E-state index >= 15 is 0 Å². The number of nitrogens with zero attached hydrogens (tertiary/aromatic N) is 3. The van der Waals surface area contributed by atoms with Crippen LogP contribution in [-0.4, -0.2) is 44.3 Å². The summed E-state index contributed by atoms with van der Waals surface area (Å²) in [5.74, 6) is 3.83. The van der Waals surface area contributed by atoms with E-state index in [9.17, 15) is 8.42 Å². The monoisotopic (exact) mass is 435 g/mol. The fourth-order valence-corrected chi connectivity index (χ4v) is 5.02. The summed E-state index contributed by atoms with van der Waals surface area (Å²) in [6, 6.07) is 6.66. The average Bonchev–Trinajstić information content (AvgIpc) is 3.48. The molecule has 2 atom stereocenters. The minimum atomic E-state index is -3.16. The van der Waals surface area contributed by atoms with Gasteiger partial charge in [-0.2, -0.15) is 0 Å². The predicted molar refractivity (Wildman–Crippen MR) is 113 cm³/mol.